The monoisotopic (exact) mass is 335 g/mol. The molecule has 124 valence electrons. The Balaban J connectivity index is 1.88. The van der Waals surface area contributed by atoms with E-state index < -0.39 is 0 Å². The van der Waals surface area contributed by atoms with Crippen molar-refractivity contribution in [2.24, 2.45) is 0 Å². The molecular weight excluding hydrogens is 318 g/mol. The van der Waals surface area contributed by atoms with E-state index in [2.05, 4.69) is 65.4 Å². The first-order valence-electron chi connectivity index (χ1n) is 8.75. The number of fused-ring (bicyclic) bond motifs is 5. The minimum Gasteiger partial charge on any atom is -0.255 e. The Kier molecular flexibility index (Phi) is 3.39. The third-order valence-corrected chi connectivity index (χ3v) is 5.05. The van der Waals surface area contributed by atoms with Crippen LogP contribution >= 0.6 is 0 Å². The van der Waals surface area contributed by atoms with Gasteiger partial charge in [-0.3, -0.25) is 4.98 Å². The highest BCUT2D eigenvalue weighted by Crippen LogP contribution is 2.32. The van der Waals surface area contributed by atoms with Crippen molar-refractivity contribution in [3.8, 4) is 0 Å². The van der Waals surface area contributed by atoms with Gasteiger partial charge in [0.2, 0.25) is 0 Å². The minimum absolute atomic E-state index is 0.847. The first kappa shape index (κ1) is 15.0. The van der Waals surface area contributed by atoms with Crippen molar-refractivity contribution in [1.82, 2.24) is 15.0 Å². The van der Waals surface area contributed by atoms with Crippen LogP contribution in [0.1, 0.15) is 16.7 Å². The molecule has 0 unspecified atom stereocenters. The molecule has 0 radical (unpaired) electrons. The van der Waals surface area contributed by atoms with E-state index in [1.807, 2.05) is 18.5 Å². The fourth-order valence-electron chi connectivity index (χ4n) is 3.71. The van der Waals surface area contributed by atoms with E-state index in [1.54, 1.807) is 6.33 Å². The van der Waals surface area contributed by atoms with Crippen LogP contribution in [-0.4, -0.2) is 15.0 Å². The minimum atomic E-state index is 0.847. The number of rotatable bonds is 2. The largest absolute Gasteiger partial charge is 0.255 e. The number of hydrogen-bond donors (Lipinski definition) is 0. The summed E-state index contributed by atoms with van der Waals surface area (Å²) in [5.41, 5.74) is 5.82. The second kappa shape index (κ2) is 5.88. The molecule has 0 aliphatic heterocycles. The highest BCUT2D eigenvalue weighted by molar-refractivity contribution is 6.18. The Morgan fingerprint density at radius 3 is 2.54 bits per heavy atom. The third-order valence-electron chi connectivity index (χ3n) is 5.05. The summed E-state index contributed by atoms with van der Waals surface area (Å²) in [7, 11) is 0. The van der Waals surface area contributed by atoms with Crippen LogP contribution in [0, 0.1) is 6.92 Å². The highest BCUT2D eigenvalue weighted by Gasteiger charge is 2.13. The van der Waals surface area contributed by atoms with Crippen LogP contribution in [-0.2, 0) is 6.42 Å². The summed E-state index contributed by atoms with van der Waals surface area (Å²) >= 11 is 0. The number of benzene rings is 3. The maximum atomic E-state index is 4.82. The molecule has 0 amide bonds. The Labute approximate surface area is 151 Å². The molecule has 0 aliphatic carbocycles. The molecule has 0 saturated heterocycles. The number of hydrogen-bond acceptors (Lipinski definition) is 3. The number of aromatic nitrogens is 3. The molecule has 0 N–H and O–H groups in total. The van der Waals surface area contributed by atoms with Gasteiger partial charge < -0.3 is 0 Å². The average Bonchev–Trinajstić information content (AvgIpc) is 2.69. The van der Waals surface area contributed by atoms with Crippen LogP contribution in [0.25, 0.3) is 32.6 Å². The van der Waals surface area contributed by atoms with Gasteiger partial charge >= 0.3 is 0 Å². The van der Waals surface area contributed by atoms with Gasteiger partial charge in [0, 0.05) is 28.6 Å². The maximum absolute atomic E-state index is 4.82. The van der Waals surface area contributed by atoms with Crippen LogP contribution < -0.4 is 0 Å². The maximum Gasteiger partial charge on any atom is 0.116 e. The van der Waals surface area contributed by atoms with Crippen molar-refractivity contribution in [1.29, 1.82) is 0 Å². The van der Waals surface area contributed by atoms with Crippen LogP contribution in [0.5, 0.6) is 0 Å². The normalized spacial score (nSPS) is 11.4. The quantitative estimate of drug-likeness (QED) is 0.415. The molecule has 3 nitrogen and oxygen atoms in total. The van der Waals surface area contributed by atoms with E-state index in [4.69, 9.17) is 4.98 Å². The van der Waals surface area contributed by atoms with Crippen LogP contribution in [0.2, 0.25) is 0 Å². The van der Waals surface area contributed by atoms with Crippen molar-refractivity contribution < 1.29 is 0 Å². The van der Waals surface area contributed by atoms with E-state index in [-0.39, 0.29) is 0 Å². The zero-order valence-electron chi connectivity index (χ0n) is 14.5. The first-order valence-corrected chi connectivity index (χ1v) is 8.75. The van der Waals surface area contributed by atoms with E-state index in [0.29, 0.717) is 0 Å². The molecule has 3 heteroatoms. The van der Waals surface area contributed by atoms with Crippen molar-refractivity contribution in [2.75, 3.05) is 0 Å². The average molecular weight is 335 g/mol. The summed E-state index contributed by atoms with van der Waals surface area (Å²) < 4.78 is 0. The molecule has 0 saturated carbocycles. The predicted octanol–water partition coefficient (Wildman–Crippen LogP) is 5.23. The number of aryl methyl sites for hydroxylation is 1. The second-order valence-corrected chi connectivity index (χ2v) is 6.67. The lowest BCUT2D eigenvalue weighted by Gasteiger charge is -2.12. The SMILES string of the molecule is Cc1ccccc1Cc1cc2cncnc2c2c1ncc1ccccc12. The first-order chi connectivity index (χ1) is 12.8. The van der Waals surface area contributed by atoms with Crippen LogP contribution in [0.3, 0.4) is 0 Å². The standard InChI is InChI=1S/C23H17N3/c1-15-6-2-3-7-16(15)10-18-11-19-12-24-14-26-23(19)21-20-9-5-4-8-17(20)13-25-22(18)21/h2-9,11-14H,10H2,1H3. The van der Waals surface area contributed by atoms with Gasteiger partial charge in [0.1, 0.15) is 6.33 Å². The number of nitrogens with zero attached hydrogens (tertiary/aromatic N) is 3. The smallest absolute Gasteiger partial charge is 0.116 e. The van der Waals surface area contributed by atoms with Gasteiger partial charge in [0.15, 0.2) is 0 Å². The molecule has 0 bridgehead atoms. The molecule has 0 atom stereocenters. The molecule has 0 fully saturated rings. The summed E-state index contributed by atoms with van der Waals surface area (Å²) in [5, 5.41) is 4.49. The third kappa shape index (κ3) is 2.32. The Morgan fingerprint density at radius 1 is 0.769 bits per heavy atom. The van der Waals surface area contributed by atoms with Crippen molar-refractivity contribution in [3.63, 3.8) is 0 Å². The summed E-state index contributed by atoms with van der Waals surface area (Å²) in [5.74, 6) is 0. The Bertz CT molecular complexity index is 1260. The van der Waals surface area contributed by atoms with Crippen molar-refractivity contribution in [3.05, 3.63) is 90.0 Å². The molecule has 0 spiro atoms. The topological polar surface area (TPSA) is 38.7 Å². The molecule has 0 aliphatic rings. The molecule has 2 aromatic heterocycles. The predicted molar refractivity (Wildman–Crippen MR) is 106 cm³/mol. The Hall–Kier alpha value is -3.33. The lowest BCUT2D eigenvalue weighted by molar-refractivity contribution is 1.16. The lowest BCUT2D eigenvalue weighted by atomic mass is 9.95. The van der Waals surface area contributed by atoms with Crippen LogP contribution in [0.15, 0.2) is 73.3 Å². The van der Waals surface area contributed by atoms with Gasteiger partial charge in [0.25, 0.3) is 0 Å². The lowest BCUT2D eigenvalue weighted by Crippen LogP contribution is -1.97. The molecule has 2 heterocycles. The Morgan fingerprint density at radius 2 is 1.62 bits per heavy atom. The molecule has 26 heavy (non-hydrogen) atoms. The molecule has 5 aromatic rings. The van der Waals surface area contributed by atoms with E-state index in [1.165, 1.54) is 22.1 Å². The zero-order chi connectivity index (χ0) is 17.5. The summed E-state index contributed by atoms with van der Waals surface area (Å²) in [6.45, 7) is 2.16. The van der Waals surface area contributed by atoms with E-state index >= 15 is 0 Å². The molecule has 3 aromatic carbocycles. The molecule has 5 rings (SSSR count). The van der Waals surface area contributed by atoms with Gasteiger partial charge in [-0.05, 0) is 41.5 Å². The van der Waals surface area contributed by atoms with E-state index in [9.17, 15) is 0 Å². The fraction of sp³-hybridized carbons (Fsp3) is 0.0870. The summed E-state index contributed by atoms with van der Waals surface area (Å²) in [4.78, 5) is 13.6. The van der Waals surface area contributed by atoms with Crippen LogP contribution in [0.4, 0.5) is 0 Å². The zero-order valence-corrected chi connectivity index (χ0v) is 14.5. The van der Waals surface area contributed by atoms with E-state index in [0.717, 1.165) is 33.6 Å². The van der Waals surface area contributed by atoms with Gasteiger partial charge in [-0.1, -0.05) is 48.5 Å². The molecular formula is C23H17N3. The van der Waals surface area contributed by atoms with Gasteiger partial charge in [-0.2, -0.15) is 0 Å². The van der Waals surface area contributed by atoms with Gasteiger partial charge in [-0.25, -0.2) is 9.97 Å². The van der Waals surface area contributed by atoms with Gasteiger partial charge in [-0.15, -0.1) is 0 Å². The van der Waals surface area contributed by atoms with Crippen molar-refractivity contribution in [2.45, 2.75) is 13.3 Å². The second-order valence-electron chi connectivity index (χ2n) is 6.67. The highest BCUT2D eigenvalue weighted by atomic mass is 14.8. The van der Waals surface area contributed by atoms with Crippen molar-refractivity contribution >= 4 is 32.6 Å². The fourth-order valence-corrected chi connectivity index (χ4v) is 3.71. The van der Waals surface area contributed by atoms with Gasteiger partial charge in [0.05, 0.1) is 11.0 Å². The summed E-state index contributed by atoms with van der Waals surface area (Å²) in [6, 6.07) is 19.1. The number of pyridine rings is 1. The summed E-state index contributed by atoms with van der Waals surface area (Å²) in [6.07, 6.45) is 6.32.